The Morgan fingerprint density at radius 2 is 2.16 bits per heavy atom. The molecule has 0 amide bonds. The lowest BCUT2D eigenvalue weighted by atomic mass is 10.0. The first-order valence-corrected chi connectivity index (χ1v) is 8.18. The second-order valence-corrected chi connectivity index (χ2v) is 6.11. The van der Waals surface area contributed by atoms with Gasteiger partial charge < -0.3 is 15.2 Å². The number of phenols is 1. The normalized spacial score (nSPS) is 16.5. The number of thioether (sulfide) groups is 1. The highest BCUT2D eigenvalue weighted by Gasteiger charge is 2.13. The summed E-state index contributed by atoms with van der Waals surface area (Å²) in [5, 5.41) is 13.5. The summed E-state index contributed by atoms with van der Waals surface area (Å²) in [5.41, 5.74) is 0.913. The summed E-state index contributed by atoms with van der Waals surface area (Å²) in [5.74, 6) is 4.22. The predicted octanol–water partition coefficient (Wildman–Crippen LogP) is 3.02. The van der Waals surface area contributed by atoms with Crippen molar-refractivity contribution in [3.05, 3.63) is 23.8 Å². The molecule has 1 aliphatic rings. The Hall–Kier alpha value is -0.870. The van der Waals surface area contributed by atoms with Crippen LogP contribution in [0, 0.1) is 5.92 Å². The molecule has 0 unspecified atom stereocenters. The number of phenolic OH excluding ortho intramolecular Hbond substituents is 1. The van der Waals surface area contributed by atoms with Crippen LogP contribution >= 0.6 is 11.8 Å². The zero-order chi connectivity index (χ0) is 13.5. The fourth-order valence-corrected chi connectivity index (χ4v) is 3.55. The maximum atomic E-state index is 10.1. The molecule has 19 heavy (non-hydrogen) atoms. The Kier molecular flexibility index (Phi) is 5.86. The van der Waals surface area contributed by atoms with Gasteiger partial charge in [-0.1, -0.05) is 12.1 Å². The predicted molar refractivity (Wildman–Crippen MR) is 81.0 cm³/mol. The number of para-hydroxylation sites is 1. The molecule has 1 aromatic rings. The van der Waals surface area contributed by atoms with Gasteiger partial charge >= 0.3 is 0 Å². The van der Waals surface area contributed by atoms with Crippen LogP contribution in [0.15, 0.2) is 18.2 Å². The van der Waals surface area contributed by atoms with Crippen LogP contribution in [-0.4, -0.2) is 29.8 Å². The van der Waals surface area contributed by atoms with Crippen molar-refractivity contribution in [2.75, 3.05) is 24.7 Å². The van der Waals surface area contributed by atoms with Gasteiger partial charge in [0, 0.05) is 12.1 Å². The first-order chi connectivity index (χ1) is 9.31. The average Bonchev–Trinajstić information content (AvgIpc) is 2.44. The number of ether oxygens (including phenoxy) is 1. The summed E-state index contributed by atoms with van der Waals surface area (Å²) in [7, 11) is 0. The van der Waals surface area contributed by atoms with E-state index in [1.807, 2.05) is 19.1 Å². The molecule has 0 atom stereocenters. The maximum Gasteiger partial charge on any atom is 0.162 e. The van der Waals surface area contributed by atoms with Crippen LogP contribution in [0.2, 0.25) is 0 Å². The van der Waals surface area contributed by atoms with E-state index in [0.29, 0.717) is 18.9 Å². The number of hydrogen-bond acceptors (Lipinski definition) is 4. The lowest BCUT2D eigenvalue weighted by molar-refractivity contribution is 0.316. The monoisotopic (exact) mass is 281 g/mol. The fourth-order valence-electron chi connectivity index (χ4n) is 2.34. The van der Waals surface area contributed by atoms with Gasteiger partial charge in [0.1, 0.15) is 0 Å². The van der Waals surface area contributed by atoms with E-state index in [4.69, 9.17) is 4.74 Å². The molecule has 2 N–H and O–H groups in total. The van der Waals surface area contributed by atoms with E-state index in [-0.39, 0.29) is 5.75 Å². The van der Waals surface area contributed by atoms with E-state index in [1.165, 1.54) is 24.3 Å². The largest absolute Gasteiger partial charge is 0.504 e. The molecule has 1 fully saturated rings. The van der Waals surface area contributed by atoms with Gasteiger partial charge in [0.05, 0.1) is 6.61 Å². The maximum absolute atomic E-state index is 10.1. The van der Waals surface area contributed by atoms with E-state index in [2.05, 4.69) is 17.1 Å². The third kappa shape index (κ3) is 4.32. The summed E-state index contributed by atoms with van der Waals surface area (Å²) in [6.07, 6.45) is 2.62. The van der Waals surface area contributed by atoms with Crippen LogP contribution in [-0.2, 0) is 6.54 Å². The first kappa shape index (κ1) is 14.5. The minimum atomic E-state index is 0.274. The number of aromatic hydroxyl groups is 1. The van der Waals surface area contributed by atoms with Gasteiger partial charge in [-0.15, -0.1) is 0 Å². The molecule has 0 bridgehead atoms. The Morgan fingerprint density at radius 1 is 1.37 bits per heavy atom. The van der Waals surface area contributed by atoms with Crippen molar-refractivity contribution >= 4 is 11.8 Å². The number of nitrogens with one attached hydrogen (secondary N) is 1. The highest BCUT2D eigenvalue weighted by molar-refractivity contribution is 7.99. The van der Waals surface area contributed by atoms with E-state index in [1.54, 1.807) is 6.07 Å². The fraction of sp³-hybridized carbons (Fsp3) is 0.600. The van der Waals surface area contributed by atoms with Gasteiger partial charge in [0.25, 0.3) is 0 Å². The zero-order valence-corrected chi connectivity index (χ0v) is 12.3. The molecule has 1 saturated heterocycles. The van der Waals surface area contributed by atoms with Crippen LogP contribution in [0.25, 0.3) is 0 Å². The summed E-state index contributed by atoms with van der Waals surface area (Å²) < 4.78 is 5.39. The third-order valence-electron chi connectivity index (χ3n) is 3.47. The molecule has 0 aliphatic carbocycles. The van der Waals surface area contributed by atoms with Gasteiger partial charge in [-0.2, -0.15) is 11.8 Å². The number of hydrogen-bond donors (Lipinski definition) is 2. The van der Waals surface area contributed by atoms with Gasteiger partial charge in [-0.25, -0.2) is 0 Å². The van der Waals surface area contributed by atoms with Crippen LogP contribution < -0.4 is 10.1 Å². The van der Waals surface area contributed by atoms with Crippen molar-refractivity contribution in [2.24, 2.45) is 5.92 Å². The second-order valence-electron chi connectivity index (χ2n) is 4.88. The van der Waals surface area contributed by atoms with Crippen LogP contribution in [0.5, 0.6) is 11.5 Å². The van der Waals surface area contributed by atoms with E-state index >= 15 is 0 Å². The van der Waals surface area contributed by atoms with Crippen molar-refractivity contribution in [1.29, 1.82) is 0 Å². The molecule has 3 nitrogen and oxygen atoms in total. The molecule has 4 heteroatoms. The second kappa shape index (κ2) is 7.65. The summed E-state index contributed by atoms with van der Waals surface area (Å²) >= 11 is 2.05. The molecule has 106 valence electrons. The van der Waals surface area contributed by atoms with Crippen molar-refractivity contribution in [3.63, 3.8) is 0 Å². The lowest BCUT2D eigenvalue weighted by Gasteiger charge is -2.21. The van der Waals surface area contributed by atoms with E-state index < -0.39 is 0 Å². The topological polar surface area (TPSA) is 41.5 Å². The van der Waals surface area contributed by atoms with Gasteiger partial charge in [0.15, 0.2) is 11.5 Å². The Balaban J connectivity index is 1.83. The van der Waals surface area contributed by atoms with Gasteiger partial charge in [-0.3, -0.25) is 0 Å². The molecule has 0 radical (unpaired) electrons. The van der Waals surface area contributed by atoms with Crippen LogP contribution in [0.3, 0.4) is 0 Å². The van der Waals surface area contributed by atoms with Crippen molar-refractivity contribution in [2.45, 2.75) is 26.3 Å². The molecule has 0 spiro atoms. The number of rotatable bonds is 6. The van der Waals surface area contributed by atoms with E-state index in [0.717, 1.165) is 18.0 Å². The molecule has 0 aromatic heterocycles. The quantitative estimate of drug-likeness (QED) is 0.841. The molecule has 1 aromatic carbocycles. The highest BCUT2D eigenvalue weighted by atomic mass is 32.2. The van der Waals surface area contributed by atoms with Crippen molar-refractivity contribution < 1.29 is 9.84 Å². The molecule has 1 heterocycles. The lowest BCUT2D eigenvalue weighted by Crippen LogP contribution is -2.25. The highest BCUT2D eigenvalue weighted by Crippen LogP contribution is 2.29. The summed E-state index contributed by atoms with van der Waals surface area (Å²) in [4.78, 5) is 0. The molecular formula is C15H23NO2S. The van der Waals surface area contributed by atoms with Gasteiger partial charge in [0.2, 0.25) is 0 Å². The smallest absolute Gasteiger partial charge is 0.162 e. The third-order valence-corrected chi connectivity index (χ3v) is 4.52. The molecule has 2 rings (SSSR count). The van der Waals surface area contributed by atoms with Crippen LogP contribution in [0.4, 0.5) is 0 Å². The van der Waals surface area contributed by atoms with Crippen molar-refractivity contribution in [1.82, 2.24) is 5.32 Å². The Morgan fingerprint density at radius 3 is 2.89 bits per heavy atom. The standard InChI is InChI=1S/C15H23NO2S/c1-2-18-14-5-3-4-13(15(14)17)11-16-10-12-6-8-19-9-7-12/h3-5,12,16-17H,2,6-11H2,1H3. The Labute approximate surface area is 119 Å². The minimum Gasteiger partial charge on any atom is -0.504 e. The van der Waals surface area contributed by atoms with Crippen LogP contribution in [0.1, 0.15) is 25.3 Å². The van der Waals surface area contributed by atoms with Gasteiger partial charge in [-0.05, 0) is 49.8 Å². The minimum absolute atomic E-state index is 0.274. The van der Waals surface area contributed by atoms with Crippen molar-refractivity contribution in [3.8, 4) is 11.5 Å². The SMILES string of the molecule is CCOc1cccc(CNCC2CCSCC2)c1O. The molecule has 0 saturated carbocycles. The zero-order valence-electron chi connectivity index (χ0n) is 11.5. The molecule has 1 aliphatic heterocycles. The molecular weight excluding hydrogens is 258 g/mol. The average molecular weight is 281 g/mol. The van der Waals surface area contributed by atoms with E-state index in [9.17, 15) is 5.11 Å². The summed E-state index contributed by atoms with van der Waals surface area (Å²) in [6, 6.07) is 5.68. The number of benzene rings is 1. The Bertz CT molecular complexity index is 392. The first-order valence-electron chi connectivity index (χ1n) is 7.03. The summed E-state index contributed by atoms with van der Waals surface area (Å²) in [6.45, 7) is 4.24.